The first-order chi connectivity index (χ1) is 15.2. The monoisotopic (exact) mass is 450 g/mol. The predicted octanol–water partition coefficient (Wildman–Crippen LogP) is 4.63. The van der Waals surface area contributed by atoms with Crippen molar-refractivity contribution in [3.8, 4) is 0 Å². The molecule has 6 heteroatoms. The van der Waals surface area contributed by atoms with Crippen LogP contribution in [-0.2, 0) is 28.5 Å². The van der Waals surface area contributed by atoms with Crippen LogP contribution in [-0.4, -0.2) is 55.0 Å². The van der Waals surface area contributed by atoms with E-state index in [-0.39, 0.29) is 54.6 Å². The summed E-state index contributed by atoms with van der Waals surface area (Å²) in [6.07, 6.45) is 6.09. The van der Waals surface area contributed by atoms with Gasteiger partial charge in [-0.1, -0.05) is 40.7 Å². The van der Waals surface area contributed by atoms with Gasteiger partial charge in [0, 0.05) is 25.7 Å². The van der Waals surface area contributed by atoms with Gasteiger partial charge in [-0.25, -0.2) is 0 Å². The van der Waals surface area contributed by atoms with Gasteiger partial charge < -0.3 is 23.7 Å². The van der Waals surface area contributed by atoms with Crippen LogP contribution in [0.1, 0.15) is 79.6 Å². The average molecular weight is 451 g/mol. The highest BCUT2D eigenvalue weighted by molar-refractivity contribution is 5.66. The van der Waals surface area contributed by atoms with Gasteiger partial charge in [-0.15, -0.1) is 0 Å². The van der Waals surface area contributed by atoms with Crippen molar-refractivity contribution in [2.45, 2.75) is 122 Å². The lowest BCUT2D eigenvalue weighted by Crippen LogP contribution is -2.60. The Kier molecular flexibility index (Phi) is 8.93. The highest BCUT2D eigenvalue weighted by Crippen LogP contribution is 2.42. The number of carbonyl (C=O) groups excluding carboxylic acids is 2. The van der Waals surface area contributed by atoms with E-state index in [0.29, 0.717) is 24.7 Å². The molecule has 3 heterocycles. The Bertz CT molecular complexity index is 663. The van der Waals surface area contributed by atoms with E-state index in [4.69, 9.17) is 18.9 Å². The minimum absolute atomic E-state index is 0.00921. The minimum Gasteiger partial charge on any atom is -0.459 e. The second-order valence-electron chi connectivity index (χ2n) is 10.2. The fourth-order valence-corrected chi connectivity index (χ4v) is 5.80. The van der Waals surface area contributed by atoms with Crippen LogP contribution < -0.4 is 0 Å². The maximum atomic E-state index is 12.0. The van der Waals surface area contributed by atoms with Crippen LogP contribution in [0.3, 0.4) is 0 Å². The van der Waals surface area contributed by atoms with Gasteiger partial charge >= 0.3 is 5.97 Å². The van der Waals surface area contributed by atoms with E-state index >= 15 is 0 Å². The largest absolute Gasteiger partial charge is 0.459 e. The van der Waals surface area contributed by atoms with Crippen molar-refractivity contribution in [3.05, 3.63) is 12.2 Å². The molecule has 3 fully saturated rings. The van der Waals surface area contributed by atoms with Crippen molar-refractivity contribution >= 4 is 12.3 Å². The lowest BCUT2D eigenvalue weighted by molar-refractivity contribution is -0.263. The van der Waals surface area contributed by atoms with E-state index in [1.165, 1.54) is 6.92 Å². The van der Waals surface area contributed by atoms with Crippen LogP contribution in [0.5, 0.6) is 0 Å². The predicted molar refractivity (Wildman–Crippen MR) is 122 cm³/mol. The zero-order valence-corrected chi connectivity index (χ0v) is 20.5. The Morgan fingerprint density at radius 3 is 2.53 bits per heavy atom. The standard InChI is InChI=1S/C26H42O6/c1-7-9-21-16(3)13-23-26(32-21)18(5)25(29-19(6)28)24(31-23)14-22-17(4)15(2)12-20(30-22)10-8-11-27/h11,15-16,18,20-26H,4,7-10,12-14H2,1-3,5-6H3/t15-,16-,18-,20+,21-,22?,23+,24+,25-,26+/m1/s1. The summed E-state index contributed by atoms with van der Waals surface area (Å²) in [6, 6.07) is 0. The van der Waals surface area contributed by atoms with Gasteiger partial charge in [0.25, 0.3) is 0 Å². The third-order valence-electron chi connectivity index (χ3n) is 7.64. The molecule has 32 heavy (non-hydrogen) atoms. The first-order valence-electron chi connectivity index (χ1n) is 12.5. The summed E-state index contributed by atoms with van der Waals surface area (Å²) >= 11 is 0. The molecule has 0 aromatic heterocycles. The number of fused-ring (bicyclic) bond motifs is 1. The average Bonchev–Trinajstić information content (AvgIpc) is 2.73. The first kappa shape index (κ1) is 25.4. The first-order valence-corrected chi connectivity index (χ1v) is 12.5. The second-order valence-corrected chi connectivity index (χ2v) is 10.2. The number of hydrogen-bond donors (Lipinski definition) is 0. The van der Waals surface area contributed by atoms with Gasteiger partial charge in [-0.05, 0) is 43.1 Å². The van der Waals surface area contributed by atoms with E-state index in [0.717, 1.165) is 44.0 Å². The molecule has 182 valence electrons. The molecule has 0 saturated carbocycles. The van der Waals surface area contributed by atoms with Crippen molar-refractivity contribution in [3.63, 3.8) is 0 Å². The van der Waals surface area contributed by atoms with Gasteiger partial charge in [0.2, 0.25) is 0 Å². The zero-order valence-electron chi connectivity index (χ0n) is 20.5. The smallest absolute Gasteiger partial charge is 0.303 e. The van der Waals surface area contributed by atoms with Crippen LogP contribution in [0.4, 0.5) is 0 Å². The van der Waals surface area contributed by atoms with Gasteiger partial charge in [0.1, 0.15) is 12.4 Å². The lowest BCUT2D eigenvalue weighted by Gasteiger charge is -2.51. The second kappa shape index (κ2) is 11.3. The number of carbonyl (C=O) groups is 2. The number of rotatable bonds is 8. The summed E-state index contributed by atoms with van der Waals surface area (Å²) in [5, 5.41) is 0. The Hall–Kier alpha value is -1.24. The third kappa shape index (κ3) is 5.81. The number of esters is 1. The Balaban J connectivity index is 1.76. The molecule has 0 aromatic carbocycles. The number of ether oxygens (including phenoxy) is 4. The molecule has 6 nitrogen and oxygen atoms in total. The third-order valence-corrected chi connectivity index (χ3v) is 7.64. The van der Waals surface area contributed by atoms with Gasteiger partial charge in [-0.2, -0.15) is 0 Å². The Labute approximate surface area is 193 Å². The molecule has 3 aliphatic rings. The van der Waals surface area contributed by atoms with Crippen LogP contribution >= 0.6 is 0 Å². The molecule has 10 atom stereocenters. The normalized spacial score (nSPS) is 42.2. The van der Waals surface area contributed by atoms with E-state index in [9.17, 15) is 9.59 Å². The summed E-state index contributed by atoms with van der Waals surface area (Å²) in [4.78, 5) is 22.8. The molecular weight excluding hydrogens is 408 g/mol. The summed E-state index contributed by atoms with van der Waals surface area (Å²) < 4.78 is 25.3. The SMILES string of the molecule is C=C1C(C[C@@H]2O[C@H]3C[C@@H](C)[C@@H](CCC)O[C@H]3[C@H](C)[C@H]2OC(C)=O)O[C@@H](CCC=O)C[C@H]1C. The molecule has 3 saturated heterocycles. The summed E-state index contributed by atoms with van der Waals surface area (Å²) in [6.45, 7) is 14.5. The fraction of sp³-hybridized carbons (Fsp3) is 0.846. The van der Waals surface area contributed by atoms with Crippen molar-refractivity contribution < 1.29 is 28.5 Å². The van der Waals surface area contributed by atoms with Crippen molar-refractivity contribution in [2.24, 2.45) is 17.8 Å². The Morgan fingerprint density at radius 1 is 1.12 bits per heavy atom. The molecule has 0 spiro atoms. The summed E-state index contributed by atoms with van der Waals surface area (Å²) in [5.74, 6) is 0.487. The van der Waals surface area contributed by atoms with Crippen LogP contribution in [0, 0.1) is 17.8 Å². The zero-order chi connectivity index (χ0) is 23.4. The molecule has 0 bridgehead atoms. The summed E-state index contributed by atoms with van der Waals surface area (Å²) in [7, 11) is 0. The van der Waals surface area contributed by atoms with E-state index in [1.54, 1.807) is 0 Å². The molecule has 0 aliphatic carbocycles. The number of aldehydes is 1. The highest BCUT2D eigenvalue weighted by Gasteiger charge is 2.50. The maximum absolute atomic E-state index is 12.0. The fourth-order valence-electron chi connectivity index (χ4n) is 5.80. The Morgan fingerprint density at radius 2 is 1.88 bits per heavy atom. The molecule has 0 amide bonds. The van der Waals surface area contributed by atoms with Crippen molar-refractivity contribution in [1.29, 1.82) is 0 Å². The lowest BCUT2D eigenvalue weighted by atomic mass is 9.78. The number of hydrogen-bond acceptors (Lipinski definition) is 6. The van der Waals surface area contributed by atoms with E-state index in [1.807, 2.05) is 0 Å². The van der Waals surface area contributed by atoms with E-state index in [2.05, 4.69) is 34.3 Å². The van der Waals surface area contributed by atoms with Crippen LogP contribution in [0.2, 0.25) is 0 Å². The molecular formula is C26H42O6. The van der Waals surface area contributed by atoms with Crippen LogP contribution in [0.15, 0.2) is 12.2 Å². The van der Waals surface area contributed by atoms with Gasteiger partial charge in [0.05, 0.1) is 36.6 Å². The van der Waals surface area contributed by atoms with Gasteiger partial charge in [0.15, 0.2) is 0 Å². The van der Waals surface area contributed by atoms with Crippen LogP contribution in [0.25, 0.3) is 0 Å². The molecule has 1 unspecified atom stereocenters. The minimum atomic E-state index is -0.383. The quantitative estimate of drug-likeness (QED) is 0.305. The molecule has 0 radical (unpaired) electrons. The molecule has 0 aromatic rings. The molecule has 3 aliphatic heterocycles. The topological polar surface area (TPSA) is 71.1 Å². The van der Waals surface area contributed by atoms with Crippen molar-refractivity contribution in [2.75, 3.05) is 0 Å². The summed E-state index contributed by atoms with van der Waals surface area (Å²) in [5.41, 5.74) is 1.06. The molecule has 0 N–H and O–H groups in total. The van der Waals surface area contributed by atoms with Crippen molar-refractivity contribution in [1.82, 2.24) is 0 Å². The van der Waals surface area contributed by atoms with Gasteiger partial charge in [-0.3, -0.25) is 4.79 Å². The van der Waals surface area contributed by atoms with E-state index < -0.39 is 0 Å². The maximum Gasteiger partial charge on any atom is 0.303 e. The molecule has 3 rings (SSSR count). The highest BCUT2D eigenvalue weighted by atomic mass is 16.6.